The molecule has 10 nitrogen and oxygen atoms in total. The van der Waals surface area contributed by atoms with Gasteiger partial charge in [-0.05, 0) is 5.27 Å². The summed E-state index contributed by atoms with van der Waals surface area (Å²) >= 11 is 0. The van der Waals surface area contributed by atoms with Crippen molar-refractivity contribution < 1.29 is 23.7 Å². The lowest BCUT2D eigenvalue weighted by atomic mass is 10.4. The lowest BCUT2D eigenvalue weighted by Gasteiger charge is -2.30. The Morgan fingerprint density at radius 1 is 1.28 bits per heavy atom. The van der Waals surface area contributed by atoms with Crippen molar-refractivity contribution in [3.8, 4) is 5.95 Å². The summed E-state index contributed by atoms with van der Waals surface area (Å²) in [5.41, 5.74) is 0.0132. The molecule has 10 heteroatoms. The molecule has 1 aliphatic heterocycles. The average molecular weight is 253 g/mol. The second-order valence-electron chi connectivity index (χ2n) is 3.84. The van der Waals surface area contributed by atoms with E-state index in [0.29, 0.717) is 26.2 Å². The Hall–Kier alpha value is -2.52. The first kappa shape index (κ1) is 10.6. The summed E-state index contributed by atoms with van der Waals surface area (Å²) in [6.45, 7) is 2.66. The molecule has 18 heavy (non-hydrogen) atoms. The highest BCUT2D eigenvalue weighted by atomic mass is 16.6. The van der Waals surface area contributed by atoms with Gasteiger partial charge in [0.05, 0.1) is 13.1 Å². The van der Waals surface area contributed by atoms with Gasteiger partial charge in [-0.15, -0.1) is 0 Å². The van der Waals surface area contributed by atoms with Gasteiger partial charge in [0.2, 0.25) is 0 Å². The summed E-state index contributed by atoms with van der Waals surface area (Å²) in [5, 5.41) is 29.3. The third kappa shape index (κ3) is 1.87. The van der Waals surface area contributed by atoms with Crippen LogP contribution in [0.4, 0.5) is 0 Å². The molecule has 1 fully saturated rings. The fraction of sp³-hybridized carbons (Fsp3) is 0.500. The SMILES string of the molecule is N=c1c[n+](N2CCN([n+]3cc([O-])on3)CC2)[n-]o1. The monoisotopic (exact) mass is 253 g/mol. The van der Waals surface area contributed by atoms with Crippen LogP contribution in [0.25, 0.3) is 0 Å². The van der Waals surface area contributed by atoms with Crippen molar-refractivity contribution in [2.75, 3.05) is 36.2 Å². The second kappa shape index (κ2) is 4.05. The molecule has 2 aromatic heterocycles. The zero-order chi connectivity index (χ0) is 12.5. The van der Waals surface area contributed by atoms with E-state index in [1.165, 1.54) is 22.0 Å². The van der Waals surface area contributed by atoms with Gasteiger partial charge in [-0.1, -0.05) is 4.79 Å². The van der Waals surface area contributed by atoms with Gasteiger partial charge in [-0.2, -0.15) is 5.01 Å². The van der Waals surface area contributed by atoms with Crippen molar-refractivity contribution >= 4 is 0 Å². The van der Waals surface area contributed by atoms with E-state index >= 15 is 0 Å². The highest BCUT2D eigenvalue weighted by Gasteiger charge is 2.24. The molecule has 96 valence electrons. The molecule has 0 radical (unpaired) electrons. The van der Waals surface area contributed by atoms with Crippen molar-refractivity contribution in [3.63, 3.8) is 0 Å². The van der Waals surface area contributed by atoms with Crippen LogP contribution in [0.3, 0.4) is 0 Å². The zero-order valence-electron chi connectivity index (χ0n) is 9.39. The van der Waals surface area contributed by atoms with Crippen LogP contribution in [0.2, 0.25) is 0 Å². The second-order valence-corrected chi connectivity index (χ2v) is 3.84. The van der Waals surface area contributed by atoms with Crippen LogP contribution in [-0.4, -0.2) is 31.5 Å². The molecule has 3 heterocycles. The van der Waals surface area contributed by atoms with Gasteiger partial charge in [0.25, 0.3) is 17.9 Å². The number of hydrogen-bond acceptors (Lipinski definition) is 7. The Bertz CT molecular complexity index is 579. The molecule has 0 aliphatic carbocycles. The summed E-state index contributed by atoms with van der Waals surface area (Å²) in [7, 11) is 0. The molecule has 0 aromatic carbocycles. The Morgan fingerprint density at radius 3 is 2.56 bits per heavy atom. The largest absolute Gasteiger partial charge is 0.539 e. The van der Waals surface area contributed by atoms with Crippen molar-refractivity contribution in [1.82, 2.24) is 10.5 Å². The van der Waals surface area contributed by atoms with E-state index in [0.717, 1.165) is 0 Å². The molecule has 2 aromatic rings. The van der Waals surface area contributed by atoms with Crippen LogP contribution in [-0.2, 0) is 0 Å². The standard InChI is InChI=1S/C8H11N7O3/c9-7-5-14(10-17-7)12-1-3-13(4-2-12)15-6-8(16)18-11-15/h5-6,9H,1-4H2. The molecule has 0 unspecified atom stereocenters. The van der Waals surface area contributed by atoms with Gasteiger partial charge >= 0.3 is 0 Å². The molecule has 0 amide bonds. The van der Waals surface area contributed by atoms with Crippen LogP contribution in [0, 0.1) is 5.41 Å². The van der Waals surface area contributed by atoms with Gasteiger partial charge in [0, 0.05) is 17.9 Å². The Balaban J connectivity index is 1.66. The molecule has 1 saturated heterocycles. The van der Waals surface area contributed by atoms with E-state index in [1.807, 2.05) is 10.0 Å². The predicted octanol–water partition coefficient (Wildman–Crippen LogP) is -4.06. The number of nitrogens with zero attached hydrogens (tertiary/aromatic N) is 6. The maximum absolute atomic E-state index is 10.9. The van der Waals surface area contributed by atoms with E-state index in [-0.39, 0.29) is 5.55 Å². The van der Waals surface area contributed by atoms with Crippen molar-refractivity contribution in [2.24, 2.45) is 0 Å². The molecule has 1 aliphatic rings. The summed E-state index contributed by atoms with van der Waals surface area (Å²) in [5.74, 6) is -0.470. The van der Waals surface area contributed by atoms with Crippen molar-refractivity contribution in [1.29, 1.82) is 5.41 Å². The summed E-state index contributed by atoms with van der Waals surface area (Å²) < 4.78 is 9.16. The lowest BCUT2D eigenvalue weighted by molar-refractivity contribution is -0.776. The van der Waals surface area contributed by atoms with Crippen molar-refractivity contribution in [3.05, 3.63) is 17.9 Å². The van der Waals surface area contributed by atoms with Crippen LogP contribution >= 0.6 is 0 Å². The fourth-order valence-electron chi connectivity index (χ4n) is 1.82. The van der Waals surface area contributed by atoms with Crippen LogP contribution < -0.4 is 35.5 Å². The maximum atomic E-state index is 10.9. The quantitative estimate of drug-likeness (QED) is 0.541. The van der Waals surface area contributed by atoms with Gasteiger partial charge in [-0.3, -0.25) is 10.4 Å². The van der Waals surface area contributed by atoms with Crippen LogP contribution in [0.5, 0.6) is 5.95 Å². The Labute approximate surface area is 101 Å². The smallest absolute Gasteiger partial charge is 0.286 e. The van der Waals surface area contributed by atoms with E-state index in [2.05, 4.69) is 19.6 Å². The molecule has 0 saturated carbocycles. The summed E-state index contributed by atoms with van der Waals surface area (Å²) in [6, 6.07) is 0. The number of hydrogen-bond donors (Lipinski definition) is 1. The Kier molecular flexibility index (Phi) is 2.39. The minimum absolute atomic E-state index is 0.0132. The predicted molar refractivity (Wildman–Crippen MR) is 50.1 cm³/mol. The number of nitrogens with one attached hydrogen (secondary N) is 1. The molecule has 0 atom stereocenters. The van der Waals surface area contributed by atoms with Gasteiger partial charge in [0.15, 0.2) is 5.95 Å². The van der Waals surface area contributed by atoms with Gasteiger partial charge < -0.3 is 14.2 Å². The van der Waals surface area contributed by atoms with E-state index in [1.54, 1.807) is 0 Å². The third-order valence-electron chi connectivity index (χ3n) is 2.70. The Morgan fingerprint density at radius 2 is 2.00 bits per heavy atom. The highest BCUT2D eigenvalue weighted by Crippen LogP contribution is 1.95. The molecular formula is C8H11N7O3. The highest BCUT2D eigenvalue weighted by molar-refractivity contribution is 4.89. The zero-order valence-corrected chi connectivity index (χ0v) is 9.39. The fourth-order valence-corrected chi connectivity index (χ4v) is 1.82. The van der Waals surface area contributed by atoms with Crippen LogP contribution in [0.15, 0.2) is 21.4 Å². The van der Waals surface area contributed by atoms with E-state index in [9.17, 15) is 5.11 Å². The van der Waals surface area contributed by atoms with Gasteiger partial charge in [-0.25, -0.2) is 0 Å². The van der Waals surface area contributed by atoms with Crippen LogP contribution in [0.1, 0.15) is 0 Å². The number of aromatic nitrogens is 4. The molecule has 0 spiro atoms. The molecule has 1 N–H and O–H groups in total. The summed E-state index contributed by atoms with van der Waals surface area (Å²) in [6.07, 6.45) is 2.79. The normalized spacial score (nSPS) is 16.2. The summed E-state index contributed by atoms with van der Waals surface area (Å²) in [4.78, 5) is 2.91. The third-order valence-corrected chi connectivity index (χ3v) is 2.70. The molecular weight excluding hydrogens is 242 g/mol. The van der Waals surface area contributed by atoms with E-state index in [4.69, 9.17) is 5.41 Å². The first-order chi connectivity index (χ1) is 8.72. The number of rotatable bonds is 2. The number of piperazine rings is 1. The first-order valence-electron chi connectivity index (χ1n) is 5.39. The topological polar surface area (TPSA) is 114 Å². The van der Waals surface area contributed by atoms with Crippen molar-refractivity contribution in [2.45, 2.75) is 0 Å². The maximum Gasteiger partial charge on any atom is 0.286 e. The minimum Gasteiger partial charge on any atom is -0.539 e. The van der Waals surface area contributed by atoms with E-state index < -0.39 is 5.95 Å². The first-order valence-corrected chi connectivity index (χ1v) is 5.39. The molecule has 3 rings (SSSR count). The lowest BCUT2D eigenvalue weighted by Crippen LogP contribution is -2.72. The average Bonchev–Trinajstić information content (AvgIpc) is 2.98. The molecule has 0 bridgehead atoms. The van der Waals surface area contributed by atoms with Gasteiger partial charge in [0.1, 0.15) is 5.27 Å². The minimum atomic E-state index is -0.470.